The molecule has 120 valence electrons. The number of benzene rings is 1. The van der Waals surface area contributed by atoms with E-state index in [1.54, 1.807) is 29.5 Å². The lowest BCUT2D eigenvalue weighted by atomic mass is 10.1. The van der Waals surface area contributed by atoms with Crippen LogP contribution in [0, 0.1) is 5.82 Å². The molecule has 1 aromatic carbocycles. The fraction of sp³-hybridized carbons (Fsp3) is 0.250. The summed E-state index contributed by atoms with van der Waals surface area (Å²) >= 11 is 2.99. The van der Waals surface area contributed by atoms with E-state index in [-0.39, 0.29) is 0 Å². The van der Waals surface area contributed by atoms with Crippen LogP contribution in [0.3, 0.4) is 0 Å². The van der Waals surface area contributed by atoms with E-state index in [2.05, 4.69) is 10.2 Å². The van der Waals surface area contributed by atoms with Crippen LogP contribution in [0.1, 0.15) is 18.6 Å². The summed E-state index contributed by atoms with van der Waals surface area (Å²) in [6, 6.07) is 10.3. The Balaban J connectivity index is 1.75. The molecule has 1 atom stereocenters. The van der Waals surface area contributed by atoms with Crippen molar-refractivity contribution in [3.05, 3.63) is 53.2 Å². The number of aliphatic hydroxyl groups excluding tert-OH is 1. The molecular weight excluding hydrogens is 333 g/mol. The number of thiophene rings is 1. The molecule has 0 fully saturated rings. The SMILES string of the molecule is CCn1c(SCC(O)c2ccccc2F)nnc1-c1cccs1. The Bertz CT molecular complexity index is 773. The molecule has 0 saturated carbocycles. The van der Waals surface area contributed by atoms with Crippen LogP contribution in [0.25, 0.3) is 10.7 Å². The van der Waals surface area contributed by atoms with Crippen molar-refractivity contribution in [3.8, 4) is 10.7 Å². The van der Waals surface area contributed by atoms with Crippen LogP contribution in [0.2, 0.25) is 0 Å². The molecule has 2 aromatic heterocycles. The lowest BCUT2D eigenvalue weighted by Crippen LogP contribution is -2.05. The lowest BCUT2D eigenvalue weighted by molar-refractivity contribution is 0.199. The standard InChI is InChI=1S/C16H16FN3OS2/c1-2-20-15(14-8-5-9-22-14)18-19-16(20)23-10-13(21)11-6-3-4-7-12(11)17/h3-9,13,21H,2,10H2,1H3. The predicted octanol–water partition coefficient (Wildman–Crippen LogP) is 3.99. The van der Waals surface area contributed by atoms with Crippen LogP contribution in [0.15, 0.2) is 46.9 Å². The van der Waals surface area contributed by atoms with Crippen LogP contribution in [-0.4, -0.2) is 25.6 Å². The Kier molecular flexibility index (Phi) is 5.09. The zero-order chi connectivity index (χ0) is 16.2. The predicted molar refractivity (Wildman–Crippen MR) is 91.1 cm³/mol. The van der Waals surface area contributed by atoms with Gasteiger partial charge in [0.05, 0.1) is 11.0 Å². The summed E-state index contributed by atoms with van der Waals surface area (Å²) in [7, 11) is 0. The first kappa shape index (κ1) is 16.2. The van der Waals surface area contributed by atoms with Gasteiger partial charge in [-0.05, 0) is 24.4 Å². The van der Waals surface area contributed by atoms with E-state index in [1.165, 1.54) is 17.8 Å². The van der Waals surface area contributed by atoms with Gasteiger partial charge in [-0.1, -0.05) is 36.0 Å². The van der Waals surface area contributed by atoms with E-state index >= 15 is 0 Å². The van der Waals surface area contributed by atoms with Gasteiger partial charge in [0.2, 0.25) is 0 Å². The van der Waals surface area contributed by atoms with Crippen LogP contribution in [0.4, 0.5) is 4.39 Å². The smallest absolute Gasteiger partial charge is 0.191 e. The summed E-state index contributed by atoms with van der Waals surface area (Å²) in [5, 5.41) is 21.4. The molecule has 3 rings (SSSR count). The van der Waals surface area contributed by atoms with Crippen molar-refractivity contribution in [3.63, 3.8) is 0 Å². The maximum Gasteiger partial charge on any atom is 0.191 e. The van der Waals surface area contributed by atoms with E-state index in [1.807, 2.05) is 29.0 Å². The minimum Gasteiger partial charge on any atom is -0.387 e. The molecule has 1 N–H and O–H groups in total. The summed E-state index contributed by atoms with van der Waals surface area (Å²) < 4.78 is 15.7. The van der Waals surface area contributed by atoms with Crippen molar-refractivity contribution in [2.45, 2.75) is 24.7 Å². The van der Waals surface area contributed by atoms with E-state index in [0.717, 1.165) is 22.4 Å². The summed E-state index contributed by atoms with van der Waals surface area (Å²) in [5.41, 5.74) is 0.307. The molecule has 0 aliphatic heterocycles. The Labute approximate surface area is 142 Å². The molecule has 1 unspecified atom stereocenters. The first-order valence-electron chi connectivity index (χ1n) is 7.23. The van der Waals surface area contributed by atoms with Gasteiger partial charge in [0.25, 0.3) is 0 Å². The second kappa shape index (κ2) is 7.25. The maximum atomic E-state index is 13.7. The molecular formula is C16H16FN3OS2. The highest BCUT2D eigenvalue weighted by molar-refractivity contribution is 7.99. The number of aliphatic hydroxyl groups is 1. The fourth-order valence-corrected chi connectivity index (χ4v) is 3.93. The van der Waals surface area contributed by atoms with E-state index in [9.17, 15) is 9.50 Å². The fourth-order valence-electron chi connectivity index (χ4n) is 2.26. The number of halogens is 1. The Morgan fingerprint density at radius 3 is 2.78 bits per heavy atom. The summed E-state index contributed by atoms with van der Waals surface area (Å²) in [4.78, 5) is 1.06. The first-order chi connectivity index (χ1) is 11.2. The number of rotatable bonds is 6. The average molecular weight is 349 g/mol. The number of hydrogen-bond acceptors (Lipinski definition) is 5. The molecule has 0 radical (unpaired) electrons. The van der Waals surface area contributed by atoms with Gasteiger partial charge in [-0.3, -0.25) is 0 Å². The van der Waals surface area contributed by atoms with Gasteiger partial charge in [0.1, 0.15) is 5.82 Å². The minimum absolute atomic E-state index is 0.307. The molecule has 3 aromatic rings. The van der Waals surface area contributed by atoms with E-state index < -0.39 is 11.9 Å². The highest BCUT2D eigenvalue weighted by atomic mass is 32.2. The third kappa shape index (κ3) is 3.46. The molecule has 4 nitrogen and oxygen atoms in total. The van der Waals surface area contributed by atoms with Crippen molar-refractivity contribution < 1.29 is 9.50 Å². The van der Waals surface area contributed by atoms with Crippen LogP contribution >= 0.6 is 23.1 Å². The van der Waals surface area contributed by atoms with E-state index in [4.69, 9.17) is 0 Å². The summed E-state index contributed by atoms with van der Waals surface area (Å²) in [6.07, 6.45) is -0.881. The van der Waals surface area contributed by atoms with Crippen LogP contribution in [0.5, 0.6) is 0 Å². The zero-order valence-corrected chi connectivity index (χ0v) is 14.1. The topological polar surface area (TPSA) is 50.9 Å². The van der Waals surface area contributed by atoms with Gasteiger partial charge in [-0.15, -0.1) is 21.5 Å². The van der Waals surface area contributed by atoms with Crippen LogP contribution in [-0.2, 0) is 6.54 Å². The number of hydrogen-bond donors (Lipinski definition) is 1. The summed E-state index contributed by atoms with van der Waals surface area (Å²) in [5.74, 6) is 0.756. The number of nitrogens with zero attached hydrogens (tertiary/aromatic N) is 3. The third-order valence-electron chi connectivity index (χ3n) is 3.41. The van der Waals surface area contributed by atoms with Crippen molar-refractivity contribution in [2.75, 3.05) is 5.75 Å². The molecule has 0 saturated heterocycles. The Morgan fingerprint density at radius 1 is 1.26 bits per heavy atom. The highest BCUT2D eigenvalue weighted by Gasteiger charge is 2.17. The van der Waals surface area contributed by atoms with E-state index in [0.29, 0.717) is 11.3 Å². The van der Waals surface area contributed by atoms with Gasteiger partial charge >= 0.3 is 0 Å². The van der Waals surface area contributed by atoms with Gasteiger partial charge in [-0.2, -0.15) is 0 Å². The van der Waals surface area contributed by atoms with Crippen molar-refractivity contribution in [1.82, 2.24) is 14.8 Å². The molecule has 0 spiro atoms. The average Bonchev–Trinajstić information content (AvgIpc) is 3.21. The van der Waals surface area contributed by atoms with Gasteiger partial charge in [0.15, 0.2) is 11.0 Å². The number of thioether (sulfide) groups is 1. The largest absolute Gasteiger partial charge is 0.387 e. The lowest BCUT2D eigenvalue weighted by Gasteiger charge is -2.11. The van der Waals surface area contributed by atoms with Crippen LogP contribution < -0.4 is 0 Å². The molecule has 2 heterocycles. The molecule has 0 aliphatic rings. The molecule has 7 heteroatoms. The highest BCUT2D eigenvalue weighted by Crippen LogP contribution is 2.29. The van der Waals surface area contributed by atoms with Gasteiger partial charge < -0.3 is 9.67 Å². The Morgan fingerprint density at radius 2 is 2.09 bits per heavy atom. The van der Waals surface area contributed by atoms with Gasteiger partial charge in [-0.25, -0.2) is 4.39 Å². The Hall–Kier alpha value is -1.70. The monoisotopic (exact) mass is 349 g/mol. The molecule has 0 aliphatic carbocycles. The minimum atomic E-state index is -0.881. The maximum absolute atomic E-state index is 13.7. The summed E-state index contributed by atoms with van der Waals surface area (Å²) in [6.45, 7) is 2.76. The van der Waals surface area contributed by atoms with Crippen molar-refractivity contribution >= 4 is 23.1 Å². The quantitative estimate of drug-likeness (QED) is 0.684. The zero-order valence-electron chi connectivity index (χ0n) is 12.5. The molecule has 0 amide bonds. The normalized spacial score (nSPS) is 12.5. The second-order valence-corrected chi connectivity index (χ2v) is 6.81. The molecule has 0 bridgehead atoms. The first-order valence-corrected chi connectivity index (χ1v) is 9.09. The third-order valence-corrected chi connectivity index (χ3v) is 5.32. The molecule has 23 heavy (non-hydrogen) atoms. The second-order valence-electron chi connectivity index (χ2n) is 4.88. The van der Waals surface area contributed by atoms with Crippen molar-refractivity contribution in [1.29, 1.82) is 0 Å². The van der Waals surface area contributed by atoms with Gasteiger partial charge in [0, 0.05) is 17.9 Å². The van der Waals surface area contributed by atoms with Crippen molar-refractivity contribution in [2.24, 2.45) is 0 Å². The number of aromatic nitrogens is 3.